The summed E-state index contributed by atoms with van der Waals surface area (Å²) in [5, 5.41) is 5.87. The Morgan fingerprint density at radius 3 is 2.58 bits per heavy atom. The van der Waals surface area contributed by atoms with E-state index in [-0.39, 0.29) is 30.9 Å². The van der Waals surface area contributed by atoms with E-state index in [9.17, 15) is 14.4 Å². The van der Waals surface area contributed by atoms with Gasteiger partial charge in [0.2, 0.25) is 5.91 Å². The van der Waals surface area contributed by atoms with Crippen LogP contribution in [-0.2, 0) is 20.7 Å². The quantitative estimate of drug-likeness (QED) is 0.398. The van der Waals surface area contributed by atoms with Crippen molar-refractivity contribution in [2.75, 3.05) is 33.4 Å². The van der Waals surface area contributed by atoms with Crippen LogP contribution in [0.4, 0.5) is 4.79 Å². The van der Waals surface area contributed by atoms with Crippen LogP contribution in [0.15, 0.2) is 78.5 Å². The molecule has 0 aliphatic carbocycles. The zero-order chi connectivity index (χ0) is 25.7. The van der Waals surface area contributed by atoms with Crippen LogP contribution in [0, 0.1) is 6.92 Å². The molecule has 188 valence electrons. The van der Waals surface area contributed by atoms with E-state index in [2.05, 4.69) is 17.2 Å². The Bertz CT molecular complexity index is 1160. The van der Waals surface area contributed by atoms with Crippen LogP contribution in [0.5, 0.6) is 0 Å². The normalized spacial score (nSPS) is 18.1. The number of nitrogens with zero attached hydrogens (tertiary/aromatic N) is 2. The monoisotopic (exact) mass is 488 g/mol. The zero-order valence-corrected chi connectivity index (χ0v) is 20.7. The average Bonchev–Trinajstić information content (AvgIpc) is 3.22. The summed E-state index contributed by atoms with van der Waals surface area (Å²) in [5.41, 5.74) is 3.94. The number of carbonyl (C=O) groups excluding carboxylic acids is 3. The van der Waals surface area contributed by atoms with E-state index in [0.717, 1.165) is 16.7 Å². The molecule has 2 aliphatic heterocycles. The van der Waals surface area contributed by atoms with E-state index in [0.29, 0.717) is 30.8 Å². The van der Waals surface area contributed by atoms with Crippen LogP contribution < -0.4 is 10.6 Å². The Morgan fingerprint density at radius 1 is 1.19 bits per heavy atom. The maximum Gasteiger partial charge on any atom is 0.322 e. The molecule has 0 saturated heterocycles. The third kappa shape index (κ3) is 5.18. The molecule has 8 heteroatoms. The van der Waals surface area contributed by atoms with E-state index < -0.39 is 12.1 Å². The van der Waals surface area contributed by atoms with Crippen molar-refractivity contribution in [2.24, 2.45) is 0 Å². The second-order valence-corrected chi connectivity index (χ2v) is 8.98. The Balaban J connectivity index is 1.70. The lowest BCUT2D eigenvalue weighted by atomic mass is 9.94. The second kappa shape index (κ2) is 11.2. The minimum absolute atomic E-state index is 0.160. The molecule has 0 fully saturated rings. The highest BCUT2D eigenvalue weighted by atomic mass is 16.5. The number of methoxy groups -OCH3 is 1. The van der Waals surface area contributed by atoms with Gasteiger partial charge in [-0.3, -0.25) is 14.5 Å². The fraction of sp³-hybridized carbons (Fsp3) is 0.321. The number of carbonyl (C=O) groups is 3. The number of hydrogen-bond acceptors (Lipinski definition) is 4. The molecule has 36 heavy (non-hydrogen) atoms. The fourth-order valence-electron chi connectivity index (χ4n) is 4.67. The lowest BCUT2D eigenvalue weighted by Gasteiger charge is -2.33. The Kier molecular flexibility index (Phi) is 7.85. The van der Waals surface area contributed by atoms with E-state index in [4.69, 9.17) is 4.74 Å². The van der Waals surface area contributed by atoms with Crippen molar-refractivity contribution in [2.45, 2.75) is 25.4 Å². The summed E-state index contributed by atoms with van der Waals surface area (Å²) < 4.78 is 5.07. The van der Waals surface area contributed by atoms with Crippen molar-refractivity contribution < 1.29 is 19.1 Å². The summed E-state index contributed by atoms with van der Waals surface area (Å²) in [6, 6.07) is 15.7. The highest BCUT2D eigenvalue weighted by Crippen LogP contribution is 2.37. The van der Waals surface area contributed by atoms with Crippen LogP contribution >= 0.6 is 0 Å². The summed E-state index contributed by atoms with van der Waals surface area (Å²) in [5.74, 6) is -0.516. The van der Waals surface area contributed by atoms with Gasteiger partial charge in [-0.25, -0.2) is 4.79 Å². The lowest BCUT2D eigenvalue weighted by Crippen LogP contribution is -2.50. The largest absolute Gasteiger partial charge is 0.383 e. The number of ether oxygens (including phenoxy) is 1. The van der Waals surface area contributed by atoms with Gasteiger partial charge in [0.1, 0.15) is 6.04 Å². The Labute approximate surface area is 211 Å². The third-order valence-corrected chi connectivity index (χ3v) is 6.53. The third-order valence-electron chi connectivity index (χ3n) is 6.53. The van der Waals surface area contributed by atoms with Crippen molar-refractivity contribution in [1.29, 1.82) is 0 Å². The maximum atomic E-state index is 14.0. The molecule has 0 saturated carbocycles. The van der Waals surface area contributed by atoms with E-state index >= 15 is 0 Å². The lowest BCUT2D eigenvalue weighted by molar-refractivity contribution is -0.136. The van der Waals surface area contributed by atoms with Crippen molar-refractivity contribution in [3.8, 4) is 0 Å². The van der Waals surface area contributed by atoms with Crippen LogP contribution in [-0.4, -0.2) is 67.0 Å². The first-order chi connectivity index (χ1) is 17.4. The standard InChI is InChI=1S/C28H32N4O4/c1-4-15-31-23-18-32(22(26(33)29-14-16-36-3)17-20-8-6-5-7-9-20)27(34)24(23)25(30-28(31)35)21-12-10-19(2)11-13-21/h4-13,22,25H,1,14-18H2,2-3H3,(H,29,33)(H,30,35)/t22-,25-/m1/s1. The summed E-state index contributed by atoms with van der Waals surface area (Å²) in [4.78, 5) is 43.5. The van der Waals surface area contributed by atoms with Gasteiger partial charge >= 0.3 is 6.03 Å². The van der Waals surface area contributed by atoms with Gasteiger partial charge in [0.05, 0.1) is 30.5 Å². The molecule has 0 aromatic heterocycles. The van der Waals surface area contributed by atoms with Crippen LogP contribution in [0.25, 0.3) is 0 Å². The minimum atomic E-state index is -0.748. The second-order valence-electron chi connectivity index (χ2n) is 8.98. The molecular formula is C28H32N4O4. The molecule has 2 aromatic rings. The van der Waals surface area contributed by atoms with Crippen LogP contribution in [0.3, 0.4) is 0 Å². The van der Waals surface area contributed by atoms with E-state index in [1.807, 2.05) is 61.5 Å². The van der Waals surface area contributed by atoms with Gasteiger partial charge in [0.15, 0.2) is 0 Å². The number of benzene rings is 2. The number of rotatable bonds is 10. The van der Waals surface area contributed by atoms with Gasteiger partial charge in [-0.2, -0.15) is 0 Å². The molecule has 2 heterocycles. The Morgan fingerprint density at radius 2 is 1.92 bits per heavy atom. The molecule has 0 unspecified atom stereocenters. The minimum Gasteiger partial charge on any atom is -0.383 e. The van der Waals surface area contributed by atoms with Gasteiger partial charge in [-0.1, -0.05) is 66.2 Å². The maximum absolute atomic E-state index is 14.0. The van der Waals surface area contributed by atoms with Gasteiger partial charge < -0.3 is 20.3 Å². The number of urea groups is 1. The Hall–Kier alpha value is -3.91. The highest BCUT2D eigenvalue weighted by molar-refractivity contribution is 6.03. The van der Waals surface area contributed by atoms with Gasteiger partial charge in [0.25, 0.3) is 5.91 Å². The van der Waals surface area contributed by atoms with Crippen molar-refractivity contribution in [3.63, 3.8) is 0 Å². The summed E-state index contributed by atoms with van der Waals surface area (Å²) in [6.45, 7) is 6.88. The van der Waals surface area contributed by atoms with Crippen molar-refractivity contribution >= 4 is 17.8 Å². The highest BCUT2D eigenvalue weighted by Gasteiger charge is 2.46. The van der Waals surface area contributed by atoms with Gasteiger partial charge in [0, 0.05) is 26.6 Å². The molecule has 4 rings (SSSR count). The van der Waals surface area contributed by atoms with Crippen LogP contribution in [0.2, 0.25) is 0 Å². The van der Waals surface area contributed by atoms with E-state index in [1.165, 1.54) is 4.90 Å². The smallest absolute Gasteiger partial charge is 0.322 e. The number of nitrogens with one attached hydrogen (secondary N) is 2. The van der Waals surface area contributed by atoms with Crippen molar-refractivity contribution in [1.82, 2.24) is 20.4 Å². The van der Waals surface area contributed by atoms with Crippen molar-refractivity contribution in [3.05, 3.63) is 95.2 Å². The number of amides is 4. The number of aryl methyl sites for hydroxylation is 1. The SMILES string of the molecule is C=CCN1C(=O)N[C@H](c2ccc(C)cc2)C2=C1CN([C@H](Cc1ccccc1)C(=O)NCCOC)C2=O. The molecule has 0 radical (unpaired) electrons. The molecule has 2 aromatic carbocycles. The molecular weight excluding hydrogens is 456 g/mol. The van der Waals surface area contributed by atoms with Gasteiger partial charge in [-0.15, -0.1) is 6.58 Å². The summed E-state index contributed by atoms with van der Waals surface area (Å²) in [7, 11) is 1.57. The first kappa shape index (κ1) is 25.2. The number of hydrogen-bond donors (Lipinski definition) is 2. The molecule has 0 spiro atoms. The molecule has 4 amide bonds. The summed E-state index contributed by atoms with van der Waals surface area (Å²) in [6.07, 6.45) is 1.98. The zero-order valence-electron chi connectivity index (χ0n) is 20.7. The molecule has 2 aliphatic rings. The predicted molar refractivity (Wildman–Crippen MR) is 137 cm³/mol. The molecule has 0 bridgehead atoms. The van der Waals surface area contributed by atoms with E-state index in [1.54, 1.807) is 18.1 Å². The van der Waals surface area contributed by atoms with Crippen LogP contribution in [0.1, 0.15) is 22.7 Å². The first-order valence-electron chi connectivity index (χ1n) is 12.0. The van der Waals surface area contributed by atoms with Gasteiger partial charge in [-0.05, 0) is 18.1 Å². The average molecular weight is 489 g/mol. The molecule has 2 atom stereocenters. The fourth-order valence-corrected chi connectivity index (χ4v) is 4.67. The molecule has 8 nitrogen and oxygen atoms in total. The topological polar surface area (TPSA) is 91.0 Å². The first-order valence-corrected chi connectivity index (χ1v) is 12.0. The molecule has 2 N–H and O–H groups in total. The predicted octanol–water partition coefficient (Wildman–Crippen LogP) is 2.72. The summed E-state index contributed by atoms with van der Waals surface area (Å²) >= 11 is 0.